The van der Waals surface area contributed by atoms with Crippen molar-refractivity contribution in [3.05, 3.63) is 60.8 Å². The van der Waals surface area contributed by atoms with Crippen LogP contribution >= 0.6 is 0 Å². The van der Waals surface area contributed by atoms with E-state index in [9.17, 15) is 19.8 Å². The van der Waals surface area contributed by atoms with E-state index in [0.29, 0.717) is 19.3 Å². The maximum Gasteiger partial charge on any atom is 0.306 e. The Morgan fingerprint density at radius 1 is 0.492 bits per heavy atom. The Labute approximate surface area is 378 Å². The summed E-state index contributed by atoms with van der Waals surface area (Å²) in [6.07, 6.45) is 60.0. The van der Waals surface area contributed by atoms with Crippen LogP contribution in [0, 0.1) is 0 Å². The van der Waals surface area contributed by atoms with Crippen molar-refractivity contribution in [1.82, 2.24) is 5.32 Å². The molecule has 0 aromatic carbocycles. The Morgan fingerprint density at radius 3 is 1.25 bits per heavy atom. The third kappa shape index (κ3) is 44.0. The largest absolute Gasteiger partial charge is 0.462 e. The van der Waals surface area contributed by atoms with Crippen molar-refractivity contribution in [1.29, 1.82) is 0 Å². The highest BCUT2D eigenvalue weighted by atomic mass is 16.5. The molecule has 0 aliphatic carbocycles. The second kappa shape index (κ2) is 48.6. The van der Waals surface area contributed by atoms with Crippen LogP contribution in [-0.2, 0) is 14.3 Å². The molecule has 0 aliphatic rings. The standard InChI is InChI=1S/C55H99NO5/c1-4-7-10-13-16-19-22-24-26-28-30-33-36-39-42-45-48-55(60)61-51(46-43-40-37-34-32-29-27-25-23-20-17-14-11-8-5-2)49-54(59)56-52(50-57)53(58)47-44-41-38-35-31-21-18-15-12-9-6-3/h7,10,16,19,24,26,30,33,39,42,51-53,57-58H,4-6,8-9,11-15,17-18,20-23,25,27-29,31-32,34-38,40-41,43-50H2,1-3H3,(H,56,59)/b10-7+,19-16+,26-24+,33-30+,42-39+. The second-order valence-corrected chi connectivity index (χ2v) is 17.5. The fourth-order valence-electron chi connectivity index (χ4n) is 7.72. The number of rotatable bonds is 46. The minimum absolute atomic E-state index is 0.0493. The third-order valence-corrected chi connectivity index (χ3v) is 11.6. The molecule has 3 atom stereocenters. The van der Waals surface area contributed by atoms with E-state index < -0.39 is 18.2 Å². The van der Waals surface area contributed by atoms with Crippen LogP contribution in [0.1, 0.15) is 252 Å². The summed E-state index contributed by atoms with van der Waals surface area (Å²) in [6, 6.07) is -0.715. The third-order valence-electron chi connectivity index (χ3n) is 11.6. The van der Waals surface area contributed by atoms with E-state index in [1.165, 1.54) is 128 Å². The number of unbranched alkanes of at least 4 members (excludes halogenated alkanes) is 24. The Bertz CT molecular complexity index is 1090. The van der Waals surface area contributed by atoms with Crippen molar-refractivity contribution in [2.75, 3.05) is 6.61 Å². The van der Waals surface area contributed by atoms with Gasteiger partial charge < -0.3 is 20.3 Å². The molecule has 0 aromatic heterocycles. The van der Waals surface area contributed by atoms with E-state index in [1.54, 1.807) is 0 Å². The topological polar surface area (TPSA) is 95.9 Å². The smallest absolute Gasteiger partial charge is 0.306 e. The summed E-state index contributed by atoms with van der Waals surface area (Å²) >= 11 is 0. The number of aliphatic hydroxyl groups is 2. The van der Waals surface area contributed by atoms with Crippen molar-refractivity contribution in [2.45, 2.75) is 270 Å². The van der Waals surface area contributed by atoms with Gasteiger partial charge in [-0.25, -0.2) is 0 Å². The molecule has 6 nitrogen and oxygen atoms in total. The van der Waals surface area contributed by atoms with Crippen LogP contribution in [-0.4, -0.2) is 46.9 Å². The summed E-state index contributed by atoms with van der Waals surface area (Å²) in [4.78, 5) is 26.1. The number of aliphatic hydroxyl groups excluding tert-OH is 2. The van der Waals surface area contributed by atoms with Gasteiger partial charge in [0, 0.05) is 6.42 Å². The molecular weight excluding hydrogens is 755 g/mol. The van der Waals surface area contributed by atoms with E-state index in [0.717, 1.165) is 70.6 Å². The molecule has 3 unspecified atom stereocenters. The molecule has 0 aromatic rings. The second-order valence-electron chi connectivity index (χ2n) is 17.5. The highest BCUT2D eigenvalue weighted by Gasteiger charge is 2.24. The van der Waals surface area contributed by atoms with Gasteiger partial charge in [-0.15, -0.1) is 0 Å². The van der Waals surface area contributed by atoms with Gasteiger partial charge in [0.2, 0.25) is 5.91 Å². The number of nitrogens with one attached hydrogen (secondary N) is 1. The number of esters is 1. The maximum atomic E-state index is 13.2. The molecule has 354 valence electrons. The summed E-state index contributed by atoms with van der Waals surface area (Å²) in [5, 5.41) is 23.7. The summed E-state index contributed by atoms with van der Waals surface area (Å²) in [5.41, 5.74) is 0. The van der Waals surface area contributed by atoms with E-state index in [-0.39, 0.29) is 31.3 Å². The highest BCUT2D eigenvalue weighted by molar-refractivity contribution is 5.77. The number of carbonyl (C=O) groups is 2. The number of hydrogen-bond donors (Lipinski definition) is 3. The van der Waals surface area contributed by atoms with E-state index in [1.807, 2.05) is 6.08 Å². The number of hydrogen-bond acceptors (Lipinski definition) is 5. The van der Waals surface area contributed by atoms with Crippen LogP contribution in [0.3, 0.4) is 0 Å². The molecule has 0 radical (unpaired) electrons. The van der Waals surface area contributed by atoms with Crippen LogP contribution in [0.15, 0.2) is 60.8 Å². The first-order valence-corrected chi connectivity index (χ1v) is 26.0. The van der Waals surface area contributed by atoms with E-state index >= 15 is 0 Å². The Kier molecular flexibility index (Phi) is 46.6. The lowest BCUT2D eigenvalue weighted by atomic mass is 10.0. The maximum absolute atomic E-state index is 13.2. The zero-order chi connectivity index (χ0) is 44.5. The lowest BCUT2D eigenvalue weighted by Gasteiger charge is -2.24. The Morgan fingerprint density at radius 2 is 0.852 bits per heavy atom. The molecule has 0 saturated heterocycles. The van der Waals surface area contributed by atoms with E-state index in [2.05, 4.69) is 80.8 Å². The summed E-state index contributed by atoms with van der Waals surface area (Å²) < 4.78 is 5.90. The Hall–Kier alpha value is -2.44. The summed E-state index contributed by atoms with van der Waals surface area (Å²) in [7, 11) is 0. The van der Waals surface area contributed by atoms with Crippen molar-refractivity contribution in [3.8, 4) is 0 Å². The molecule has 0 bridgehead atoms. The fraction of sp³-hybridized carbons (Fsp3) is 0.782. The van der Waals surface area contributed by atoms with Crippen LogP contribution in [0.2, 0.25) is 0 Å². The van der Waals surface area contributed by atoms with Gasteiger partial charge in [0.1, 0.15) is 6.10 Å². The molecule has 61 heavy (non-hydrogen) atoms. The minimum atomic E-state index is -0.799. The van der Waals surface area contributed by atoms with Crippen molar-refractivity contribution < 1.29 is 24.5 Å². The van der Waals surface area contributed by atoms with Crippen molar-refractivity contribution >= 4 is 11.9 Å². The van der Waals surface area contributed by atoms with Crippen LogP contribution in [0.5, 0.6) is 0 Å². The van der Waals surface area contributed by atoms with Crippen LogP contribution < -0.4 is 5.32 Å². The van der Waals surface area contributed by atoms with Crippen molar-refractivity contribution in [2.24, 2.45) is 0 Å². The number of ether oxygens (including phenoxy) is 1. The minimum Gasteiger partial charge on any atom is -0.462 e. The molecule has 1 amide bonds. The normalized spacial score (nSPS) is 13.7. The average molecular weight is 854 g/mol. The lowest BCUT2D eigenvalue weighted by molar-refractivity contribution is -0.150. The first-order valence-electron chi connectivity index (χ1n) is 26.0. The molecule has 0 rings (SSSR count). The number of allylic oxidation sites excluding steroid dienone is 10. The average Bonchev–Trinajstić information content (AvgIpc) is 3.25. The van der Waals surface area contributed by atoms with Gasteiger partial charge in [0.05, 0.1) is 25.2 Å². The number of carbonyl (C=O) groups excluding carboxylic acids is 2. The molecule has 6 heteroatoms. The summed E-state index contributed by atoms with van der Waals surface area (Å²) in [5.74, 6) is -0.566. The molecule has 3 N–H and O–H groups in total. The number of amides is 1. The van der Waals surface area contributed by atoms with Gasteiger partial charge >= 0.3 is 5.97 Å². The molecule has 0 fully saturated rings. The van der Waals surface area contributed by atoms with Gasteiger partial charge in [-0.1, -0.05) is 242 Å². The van der Waals surface area contributed by atoms with Gasteiger partial charge in [0.15, 0.2) is 0 Å². The van der Waals surface area contributed by atoms with Crippen molar-refractivity contribution in [3.63, 3.8) is 0 Å². The van der Waals surface area contributed by atoms with Crippen LogP contribution in [0.25, 0.3) is 0 Å². The van der Waals surface area contributed by atoms with Gasteiger partial charge in [-0.2, -0.15) is 0 Å². The molecular formula is C55H99NO5. The van der Waals surface area contributed by atoms with E-state index in [4.69, 9.17) is 4.74 Å². The highest BCUT2D eigenvalue weighted by Crippen LogP contribution is 2.18. The van der Waals surface area contributed by atoms with Gasteiger partial charge in [-0.3, -0.25) is 9.59 Å². The molecule has 0 heterocycles. The molecule has 0 spiro atoms. The first kappa shape index (κ1) is 58.6. The lowest BCUT2D eigenvalue weighted by Crippen LogP contribution is -2.46. The quantitative estimate of drug-likeness (QED) is 0.0322. The SMILES string of the molecule is CC/C=C/C/C=C/C/C=C/C/C=C/C/C=C/CCC(=O)OC(CCCCCCCCCCCCCCCCC)CC(=O)NC(CO)C(O)CCCCCCCCCCCCC. The monoisotopic (exact) mass is 854 g/mol. The molecule has 0 saturated carbocycles. The zero-order valence-corrected chi connectivity index (χ0v) is 40.3. The fourth-order valence-corrected chi connectivity index (χ4v) is 7.72. The molecule has 0 aliphatic heterocycles. The van der Waals surface area contributed by atoms with Gasteiger partial charge in [0.25, 0.3) is 0 Å². The van der Waals surface area contributed by atoms with Crippen LogP contribution in [0.4, 0.5) is 0 Å². The van der Waals surface area contributed by atoms with Gasteiger partial charge in [-0.05, 0) is 57.8 Å². The zero-order valence-electron chi connectivity index (χ0n) is 40.3. The Balaban J connectivity index is 4.68. The first-order chi connectivity index (χ1) is 30.0. The predicted molar refractivity (Wildman–Crippen MR) is 264 cm³/mol. The predicted octanol–water partition coefficient (Wildman–Crippen LogP) is 15.6. The summed E-state index contributed by atoms with van der Waals surface area (Å²) in [6.45, 7) is 6.36.